The molecule has 2 aromatic heterocycles. The Labute approximate surface area is 169 Å². The molecule has 1 aliphatic rings. The lowest BCUT2D eigenvalue weighted by molar-refractivity contribution is 0.0636. The molecule has 1 amide bonds. The van der Waals surface area contributed by atoms with Crippen molar-refractivity contribution in [2.75, 3.05) is 13.1 Å². The van der Waals surface area contributed by atoms with Crippen LogP contribution in [0.1, 0.15) is 35.4 Å². The summed E-state index contributed by atoms with van der Waals surface area (Å²) in [5, 5.41) is 10.5. The average Bonchev–Trinajstić information content (AvgIpc) is 3.09. The highest BCUT2D eigenvalue weighted by Gasteiger charge is 2.27. The number of hydrogen-bond acceptors (Lipinski definition) is 4. The summed E-state index contributed by atoms with van der Waals surface area (Å²) >= 11 is 0. The lowest BCUT2D eigenvalue weighted by Gasteiger charge is -2.30. The minimum absolute atomic E-state index is 0.0941. The molecule has 150 valence electrons. The largest absolute Gasteiger partial charge is 0.328 e. The Hall–Kier alpha value is -3.06. The molecule has 1 aliphatic heterocycles. The predicted molar refractivity (Wildman–Crippen MR) is 109 cm³/mol. The van der Waals surface area contributed by atoms with Crippen molar-refractivity contribution in [2.45, 2.75) is 31.8 Å². The normalized spacial score (nSPS) is 16.9. The third-order valence-electron chi connectivity index (χ3n) is 5.25. The zero-order valence-corrected chi connectivity index (χ0v) is 16.1. The molecule has 2 N–H and O–H groups in total. The van der Waals surface area contributed by atoms with Gasteiger partial charge in [-0.1, -0.05) is 6.07 Å². The fourth-order valence-electron chi connectivity index (χ4n) is 3.70. The van der Waals surface area contributed by atoms with E-state index in [-0.39, 0.29) is 17.8 Å². The zero-order chi connectivity index (χ0) is 20.1. The molecule has 4 rings (SSSR count). The van der Waals surface area contributed by atoms with Gasteiger partial charge in [-0.05, 0) is 74.8 Å². The molecule has 3 aromatic rings. The second-order valence-corrected chi connectivity index (χ2v) is 7.26. The topological polar surface area (TPSA) is 73.9 Å². The fraction of sp³-hybridized carbons (Fsp3) is 0.318. The van der Waals surface area contributed by atoms with Crippen LogP contribution >= 0.6 is 0 Å². The smallest absolute Gasteiger partial charge is 0.272 e. The maximum atomic E-state index is 13.4. The molecule has 1 aromatic carbocycles. The summed E-state index contributed by atoms with van der Waals surface area (Å²) in [7, 11) is 0. The number of carbonyl (C=O) groups is 1. The molecule has 1 unspecified atom stereocenters. The number of hydrogen-bond donors (Lipinski definition) is 2. The van der Waals surface area contributed by atoms with Crippen LogP contribution in [0.15, 0.2) is 54.7 Å². The molecule has 3 heterocycles. The number of amides is 1. The Morgan fingerprint density at radius 1 is 1.14 bits per heavy atom. The molecule has 6 nitrogen and oxygen atoms in total. The van der Waals surface area contributed by atoms with Gasteiger partial charge < -0.3 is 10.2 Å². The Bertz CT molecular complexity index is 933. The van der Waals surface area contributed by atoms with Crippen molar-refractivity contribution < 1.29 is 9.18 Å². The highest BCUT2D eigenvalue weighted by molar-refractivity contribution is 5.93. The van der Waals surface area contributed by atoms with Crippen LogP contribution < -0.4 is 5.32 Å². The first-order valence-electron chi connectivity index (χ1n) is 9.93. The van der Waals surface area contributed by atoms with E-state index in [0.717, 1.165) is 43.6 Å². The number of halogens is 1. The summed E-state index contributed by atoms with van der Waals surface area (Å²) in [5.41, 5.74) is 2.67. The van der Waals surface area contributed by atoms with Crippen molar-refractivity contribution in [1.29, 1.82) is 0 Å². The van der Waals surface area contributed by atoms with Gasteiger partial charge >= 0.3 is 0 Å². The standard InChI is InChI=1S/C22H24FN5O/c23-17-8-6-16(7-9-17)20-14-21(27-26-20)22(29)28(15-18-4-1-2-12-25-18)19-5-3-11-24-13-10-19/h1-2,4,6-9,12,14,19,24H,3,5,10-11,13,15H2,(H,26,27). The van der Waals surface area contributed by atoms with E-state index in [9.17, 15) is 9.18 Å². The number of pyridine rings is 1. The van der Waals surface area contributed by atoms with Crippen molar-refractivity contribution >= 4 is 5.91 Å². The Morgan fingerprint density at radius 3 is 2.79 bits per heavy atom. The first-order chi connectivity index (χ1) is 14.2. The number of H-pyrrole nitrogens is 1. The third-order valence-corrected chi connectivity index (χ3v) is 5.25. The van der Waals surface area contributed by atoms with Crippen LogP contribution in [0.4, 0.5) is 4.39 Å². The average molecular weight is 393 g/mol. The number of nitrogens with one attached hydrogen (secondary N) is 2. The van der Waals surface area contributed by atoms with Crippen molar-refractivity contribution in [2.24, 2.45) is 0 Å². The summed E-state index contributed by atoms with van der Waals surface area (Å²) in [4.78, 5) is 19.7. The quantitative estimate of drug-likeness (QED) is 0.697. The molecule has 0 aliphatic carbocycles. The summed E-state index contributed by atoms with van der Waals surface area (Å²) in [6.07, 6.45) is 4.62. The molecule has 0 radical (unpaired) electrons. The van der Waals surface area contributed by atoms with Crippen LogP contribution in [0.3, 0.4) is 0 Å². The third kappa shape index (κ3) is 4.68. The first-order valence-corrected chi connectivity index (χ1v) is 9.93. The van der Waals surface area contributed by atoms with Crippen LogP contribution in [-0.2, 0) is 6.54 Å². The molecular weight excluding hydrogens is 369 g/mol. The maximum Gasteiger partial charge on any atom is 0.272 e. The van der Waals surface area contributed by atoms with Crippen molar-refractivity contribution in [3.63, 3.8) is 0 Å². The van der Waals surface area contributed by atoms with E-state index in [4.69, 9.17) is 0 Å². The van der Waals surface area contributed by atoms with Gasteiger partial charge in [0.05, 0.1) is 17.9 Å². The van der Waals surface area contributed by atoms with Crippen LogP contribution in [0.2, 0.25) is 0 Å². The highest BCUT2D eigenvalue weighted by Crippen LogP contribution is 2.22. The van der Waals surface area contributed by atoms with Crippen LogP contribution in [-0.4, -0.2) is 45.1 Å². The SMILES string of the molecule is O=C(c1cc(-c2ccc(F)cc2)n[nH]1)N(Cc1ccccn1)C1CCCNCC1. The maximum absolute atomic E-state index is 13.4. The van der Waals surface area contributed by atoms with Crippen molar-refractivity contribution in [3.8, 4) is 11.3 Å². The molecule has 0 bridgehead atoms. The molecule has 0 spiro atoms. The van der Waals surface area contributed by atoms with Crippen LogP contribution in [0.25, 0.3) is 11.3 Å². The van der Waals surface area contributed by atoms with Gasteiger partial charge in [-0.25, -0.2) is 4.39 Å². The molecule has 1 saturated heterocycles. The van der Waals surface area contributed by atoms with Gasteiger partial charge in [0, 0.05) is 17.8 Å². The molecule has 1 atom stereocenters. The van der Waals surface area contributed by atoms with Gasteiger partial charge in [0.25, 0.3) is 5.91 Å². The number of nitrogens with zero attached hydrogens (tertiary/aromatic N) is 3. The highest BCUT2D eigenvalue weighted by atomic mass is 19.1. The molecular formula is C22H24FN5O. The minimum Gasteiger partial charge on any atom is -0.328 e. The Balaban J connectivity index is 1.59. The van der Waals surface area contributed by atoms with Gasteiger partial charge in [-0.15, -0.1) is 0 Å². The van der Waals surface area contributed by atoms with E-state index in [2.05, 4.69) is 20.5 Å². The number of carbonyl (C=O) groups excluding carboxylic acids is 1. The lowest BCUT2D eigenvalue weighted by atomic mass is 10.1. The molecule has 7 heteroatoms. The summed E-state index contributed by atoms with van der Waals surface area (Å²) in [5.74, 6) is -0.396. The van der Waals surface area contributed by atoms with E-state index >= 15 is 0 Å². The second-order valence-electron chi connectivity index (χ2n) is 7.26. The summed E-state index contributed by atoms with van der Waals surface area (Å²) < 4.78 is 13.2. The summed E-state index contributed by atoms with van der Waals surface area (Å²) in [6.45, 7) is 2.32. The minimum atomic E-state index is -0.302. The lowest BCUT2D eigenvalue weighted by Crippen LogP contribution is -2.40. The Kier molecular flexibility index (Phi) is 5.95. The number of rotatable bonds is 5. The number of benzene rings is 1. The van der Waals surface area contributed by atoms with E-state index in [1.165, 1.54) is 12.1 Å². The van der Waals surface area contributed by atoms with Crippen molar-refractivity contribution in [3.05, 3.63) is 71.9 Å². The fourth-order valence-corrected chi connectivity index (χ4v) is 3.70. The summed E-state index contributed by atoms with van der Waals surface area (Å²) in [6, 6.07) is 13.7. The van der Waals surface area contributed by atoms with E-state index in [1.54, 1.807) is 24.4 Å². The Morgan fingerprint density at radius 2 is 2.00 bits per heavy atom. The first kappa shape index (κ1) is 19.3. The monoisotopic (exact) mass is 393 g/mol. The van der Waals surface area contributed by atoms with E-state index < -0.39 is 0 Å². The van der Waals surface area contributed by atoms with Crippen molar-refractivity contribution in [1.82, 2.24) is 25.4 Å². The van der Waals surface area contributed by atoms with E-state index in [0.29, 0.717) is 17.9 Å². The zero-order valence-electron chi connectivity index (χ0n) is 16.1. The molecule has 1 fully saturated rings. The van der Waals surface area contributed by atoms with Gasteiger partial charge in [-0.2, -0.15) is 5.10 Å². The van der Waals surface area contributed by atoms with Gasteiger partial charge in [0.1, 0.15) is 11.5 Å². The molecule has 29 heavy (non-hydrogen) atoms. The van der Waals surface area contributed by atoms with E-state index in [1.807, 2.05) is 23.1 Å². The number of aromatic nitrogens is 3. The molecule has 0 saturated carbocycles. The second kappa shape index (κ2) is 8.96. The predicted octanol–water partition coefficient (Wildman–Crippen LogP) is 3.40. The number of aromatic amines is 1. The van der Waals surface area contributed by atoms with Gasteiger partial charge in [0.15, 0.2) is 0 Å². The van der Waals surface area contributed by atoms with Gasteiger partial charge in [-0.3, -0.25) is 14.9 Å². The van der Waals surface area contributed by atoms with Crippen LogP contribution in [0, 0.1) is 5.82 Å². The van der Waals surface area contributed by atoms with Crippen LogP contribution in [0.5, 0.6) is 0 Å². The van der Waals surface area contributed by atoms with Gasteiger partial charge in [0.2, 0.25) is 0 Å².